The molecule has 1 aromatic rings. The van der Waals surface area contributed by atoms with E-state index in [0.717, 1.165) is 12.1 Å². The van der Waals surface area contributed by atoms with Crippen LogP contribution >= 0.6 is 0 Å². The molecule has 1 amide bonds. The van der Waals surface area contributed by atoms with E-state index in [-0.39, 0.29) is 17.9 Å². The predicted octanol–water partition coefficient (Wildman–Crippen LogP) is 2.99. The Balaban J connectivity index is 2.32. The van der Waals surface area contributed by atoms with Gasteiger partial charge in [0.25, 0.3) is 0 Å². The zero-order valence-corrected chi connectivity index (χ0v) is 16.9. The first kappa shape index (κ1) is 23.4. The van der Waals surface area contributed by atoms with E-state index in [4.69, 9.17) is 10.5 Å². The smallest absolute Gasteiger partial charge is 0.418 e. The van der Waals surface area contributed by atoms with Crippen LogP contribution < -0.4 is 10.5 Å². The molecule has 0 saturated carbocycles. The van der Waals surface area contributed by atoms with Crippen molar-refractivity contribution < 1.29 is 32.2 Å². The summed E-state index contributed by atoms with van der Waals surface area (Å²) in [4.78, 5) is 12.9. The van der Waals surface area contributed by atoms with E-state index in [1.54, 1.807) is 0 Å². The summed E-state index contributed by atoms with van der Waals surface area (Å²) in [6.45, 7) is 2.71. The van der Waals surface area contributed by atoms with Gasteiger partial charge in [0.1, 0.15) is 11.6 Å². The molecule has 0 aliphatic carbocycles. The molecule has 9 heteroatoms. The number of nitrogens with zero attached hydrogens (tertiary/aromatic N) is 1. The first-order valence-corrected chi connectivity index (χ1v) is 9.44. The molecule has 0 spiro atoms. The molecule has 0 aromatic heterocycles. The summed E-state index contributed by atoms with van der Waals surface area (Å²) in [7, 11) is 1.35. The van der Waals surface area contributed by atoms with Crippen molar-refractivity contribution in [2.75, 3.05) is 26.7 Å². The van der Waals surface area contributed by atoms with Crippen LogP contribution in [0, 0.1) is 11.7 Å². The molecule has 5 nitrogen and oxygen atoms in total. The Labute approximate surface area is 167 Å². The van der Waals surface area contributed by atoms with E-state index < -0.39 is 47.8 Å². The summed E-state index contributed by atoms with van der Waals surface area (Å²) >= 11 is 0. The van der Waals surface area contributed by atoms with Gasteiger partial charge < -0.3 is 15.6 Å². The Hall–Kier alpha value is -1.87. The molecule has 3 N–H and O–H groups in total. The Morgan fingerprint density at radius 3 is 2.55 bits per heavy atom. The third-order valence-corrected chi connectivity index (χ3v) is 5.55. The molecule has 1 heterocycles. The fourth-order valence-electron chi connectivity index (χ4n) is 4.08. The number of amides is 1. The van der Waals surface area contributed by atoms with Crippen LogP contribution in [0.3, 0.4) is 0 Å². The molecule has 0 radical (unpaired) electrons. The molecular weight excluding hydrogens is 392 g/mol. The highest BCUT2D eigenvalue weighted by Gasteiger charge is 2.57. The van der Waals surface area contributed by atoms with Crippen molar-refractivity contribution in [2.45, 2.75) is 50.3 Å². The number of β-amino-alcohol motifs (C(OH)–C–C–N with tert-alkyl or cyclic N) is 1. The van der Waals surface area contributed by atoms with Crippen LogP contribution in [0.15, 0.2) is 18.2 Å². The van der Waals surface area contributed by atoms with Crippen molar-refractivity contribution in [1.29, 1.82) is 0 Å². The number of ether oxygens (including phenoxy) is 1. The number of hydrogen-bond acceptors (Lipinski definition) is 4. The van der Waals surface area contributed by atoms with Crippen molar-refractivity contribution in [3.8, 4) is 5.75 Å². The minimum absolute atomic E-state index is 0.0669. The zero-order valence-electron chi connectivity index (χ0n) is 16.9. The number of benzene rings is 1. The monoisotopic (exact) mass is 420 g/mol. The number of alkyl halides is 3. The second-order valence-electron chi connectivity index (χ2n) is 8.41. The quantitative estimate of drug-likeness (QED) is 0.665. The lowest BCUT2D eigenvalue weighted by Crippen LogP contribution is -2.58. The number of piperidine rings is 1. The van der Waals surface area contributed by atoms with Crippen LogP contribution in [0.5, 0.6) is 5.75 Å². The number of rotatable bonds is 7. The number of carbonyl (C=O) groups excluding carboxylic acids is 1. The first-order valence-electron chi connectivity index (χ1n) is 9.44. The summed E-state index contributed by atoms with van der Waals surface area (Å²) < 4.78 is 60.8. The van der Waals surface area contributed by atoms with E-state index in [1.165, 1.54) is 31.9 Å². The normalized spacial score (nSPS) is 20.9. The number of methoxy groups -OCH3 is 1. The van der Waals surface area contributed by atoms with Crippen molar-refractivity contribution in [3.05, 3.63) is 29.6 Å². The summed E-state index contributed by atoms with van der Waals surface area (Å²) in [6.07, 6.45) is -4.60. The van der Waals surface area contributed by atoms with Gasteiger partial charge in [-0.3, -0.25) is 9.69 Å². The van der Waals surface area contributed by atoms with Crippen molar-refractivity contribution in [1.82, 2.24) is 4.90 Å². The van der Waals surface area contributed by atoms with Gasteiger partial charge in [-0.05, 0) is 49.4 Å². The average molecular weight is 420 g/mol. The maximum absolute atomic E-state index is 13.9. The molecule has 1 aliphatic heterocycles. The molecule has 2 rings (SSSR count). The summed E-state index contributed by atoms with van der Waals surface area (Å²) in [6, 6.07) is 3.63. The van der Waals surface area contributed by atoms with Crippen molar-refractivity contribution in [3.63, 3.8) is 0 Å². The van der Waals surface area contributed by atoms with Crippen molar-refractivity contribution in [2.24, 2.45) is 11.7 Å². The van der Waals surface area contributed by atoms with E-state index in [1.807, 2.05) is 0 Å². The highest BCUT2D eigenvalue weighted by atomic mass is 19.4. The zero-order chi connectivity index (χ0) is 22.0. The lowest BCUT2D eigenvalue weighted by molar-refractivity contribution is -0.272. The van der Waals surface area contributed by atoms with Gasteiger partial charge in [0.05, 0.1) is 13.0 Å². The Bertz CT molecular complexity index is 739. The SMILES string of the molecule is COc1ccc(F)cc1C(C)(C)CC(O)(CN1CCCC(C(N)=O)C1)C(F)(F)F. The highest BCUT2D eigenvalue weighted by molar-refractivity contribution is 5.76. The number of carbonyl (C=O) groups is 1. The molecule has 1 aromatic carbocycles. The van der Waals surface area contributed by atoms with Gasteiger partial charge in [-0.2, -0.15) is 13.2 Å². The molecule has 2 unspecified atom stereocenters. The molecule has 0 bridgehead atoms. The van der Waals surface area contributed by atoms with Gasteiger partial charge in [0.2, 0.25) is 5.91 Å². The van der Waals surface area contributed by atoms with E-state index in [0.29, 0.717) is 19.4 Å². The topological polar surface area (TPSA) is 75.8 Å². The van der Waals surface area contributed by atoms with Gasteiger partial charge in [-0.1, -0.05) is 13.8 Å². The molecule has 1 fully saturated rings. The first-order chi connectivity index (χ1) is 13.3. The fourth-order valence-corrected chi connectivity index (χ4v) is 4.08. The second-order valence-corrected chi connectivity index (χ2v) is 8.41. The predicted molar refractivity (Wildman–Crippen MR) is 100.0 cm³/mol. The van der Waals surface area contributed by atoms with Gasteiger partial charge >= 0.3 is 6.18 Å². The van der Waals surface area contributed by atoms with Crippen LogP contribution in [-0.2, 0) is 10.2 Å². The number of likely N-dealkylation sites (tertiary alicyclic amines) is 1. The summed E-state index contributed by atoms with van der Waals surface area (Å²) in [5.41, 5.74) is 1.22. The van der Waals surface area contributed by atoms with Crippen LogP contribution in [0.1, 0.15) is 38.7 Å². The summed E-state index contributed by atoms with van der Waals surface area (Å²) in [5.74, 6) is -1.47. The van der Waals surface area contributed by atoms with Gasteiger partial charge in [0.15, 0.2) is 5.60 Å². The second kappa shape index (κ2) is 8.47. The number of nitrogens with two attached hydrogens (primary N) is 1. The molecule has 1 aliphatic rings. The Morgan fingerprint density at radius 2 is 2.00 bits per heavy atom. The third kappa shape index (κ3) is 5.39. The van der Waals surface area contributed by atoms with Gasteiger partial charge in [-0.15, -0.1) is 0 Å². The number of primary amides is 1. The average Bonchev–Trinajstić information content (AvgIpc) is 2.60. The third-order valence-electron chi connectivity index (χ3n) is 5.55. The van der Waals surface area contributed by atoms with Gasteiger partial charge in [0, 0.05) is 18.7 Å². The fraction of sp³-hybridized carbons (Fsp3) is 0.650. The van der Waals surface area contributed by atoms with Crippen molar-refractivity contribution >= 4 is 5.91 Å². The molecular formula is C20H28F4N2O3. The molecule has 2 atom stereocenters. The largest absolute Gasteiger partial charge is 0.496 e. The standard InChI is InChI=1S/C20H28F4N2O3/c1-18(2,15-9-14(21)6-7-16(15)29-3)11-19(28,20(22,23)24)12-26-8-4-5-13(10-26)17(25)27/h6-7,9,13,28H,4-5,8,10-12H2,1-3H3,(H2,25,27). The molecule has 1 saturated heterocycles. The minimum atomic E-state index is -4.93. The lowest BCUT2D eigenvalue weighted by Gasteiger charge is -2.42. The van der Waals surface area contributed by atoms with Crippen LogP contribution in [0.4, 0.5) is 17.6 Å². The lowest BCUT2D eigenvalue weighted by atomic mass is 9.74. The maximum Gasteiger partial charge on any atom is 0.418 e. The van der Waals surface area contributed by atoms with E-state index >= 15 is 0 Å². The maximum atomic E-state index is 13.9. The molecule has 29 heavy (non-hydrogen) atoms. The van der Waals surface area contributed by atoms with Crippen LogP contribution in [-0.4, -0.2) is 54.4 Å². The van der Waals surface area contributed by atoms with E-state index in [9.17, 15) is 27.5 Å². The van der Waals surface area contributed by atoms with Crippen LogP contribution in [0.2, 0.25) is 0 Å². The Kier molecular flexibility index (Phi) is 6.84. The molecule has 164 valence electrons. The van der Waals surface area contributed by atoms with E-state index in [2.05, 4.69) is 0 Å². The summed E-state index contributed by atoms with van der Waals surface area (Å²) in [5, 5.41) is 10.7. The highest BCUT2D eigenvalue weighted by Crippen LogP contribution is 2.44. The van der Waals surface area contributed by atoms with Gasteiger partial charge in [-0.25, -0.2) is 4.39 Å². The number of hydrogen-bond donors (Lipinski definition) is 2. The minimum Gasteiger partial charge on any atom is -0.496 e. The number of halogens is 4. The van der Waals surface area contributed by atoms with Crippen LogP contribution in [0.25, 0.3) is 0 Å². The Morgan fingerprint density at radius 1 is 1.34 bits per heavy atom. The number of aliphatic hydroxyl groups is 1.